The Morgan fingerprint density at radius 1 is 1.32 bits per heavy atom. The molecular formula is C16H22N4OS. The van der Waals surface area contributed by atoms with Crippen molar-refractivity contribution >= 4 is 38.3 Å². The quantitative estimate of drug-likeness (QED) is 0.942. The van der Waals surface area contributed by atoms with Gasteiger partial charge >= 0.3 is 0 Å². The fourth-order valence-electron chi connectivity index (χ4n) is 2.80. The van der Waals surface area contributed by atoms with Crippen molar-refractivity contribution in [3.63, 3.8) is 0 Å². The maximum Gasteiger partial charge on any atom is 0.222 e. The van der Waals surface area contributed by atoms with Crippen LogP contribution in [0.15, 0.2) is 18.2 Å². The normalized spacial score (nSPS) is 15.4. The highest BCUT2D eigenvalue weighted by Gasteiger charge is 2.20. The van der Waals surface area contributed by atoms with Crippen molar-refractivity contribution in [1.29, 1.82) is 0 Å². The number of aromatic nitrogens is 1. The van der Waals surface area contributed by atoms with Crippen LogP contribution in [-0.2, 0) is 4.79 Å². The third-order valence-corrected chi connectivity index (χ3v) is 5.08. The second kappa shape index (κ2) is 6.52. The minimum absolute atomic E-state index is 0.290. The van der Waals surface area contributed by atoms with Crippen molar-refractivity contribution in [2.75, 3.05) is 43.4 Å². The Labute approximate surface area is 134 Å². The molecule has 22 heavy (non-hydrogen) atoms. The molecule has 3 rings (SSSR count). The summed E-state index contributed by atoms with van der Waals surface area (Å²) < 4.78 is 1.20. The van der Waals surface area contributed by atoms with Crippen LogP contribution in [0.5, 0.6) is 0 Å². The fraction of sp³-hybridized carbons (Fsp3) is 0.500. The molecule has 0 spiro atoms. The molecule has 6 heteroatoms. The highest BCUT2D eigenvalue weighted by molar-refractivity contribution is 7.22. The van der Waals surface area contributed by atoms with Crippen LogP contribution < -0.4 is 10.2 Å². The van der Waals surface area contributed by atoms with E-state index in [0.29, 0.717) is 12.3 Å². The Kier molecular flexibility index (Phi) is 4.47. The number of benzene rings is 1. The molecular weight excluding hydrogens is 296 g/mol. The Morgan fingerprint density at radius 2 is 2.09 bits per heavy atom. The molecule has 2 aromatic rings. The number of thiazole rings is 1. The summed E-state index contributed by atoms with van der Waals surface area (Å²) in [6, 6.07) is 6.42. The van der Waals surface area contributed by atoms with E-state index in [0.717, 1.165) is 43.2 Å². The summed E-state index contributed by atoms with van der Waals surface area (Å²) in [5.41, 5.74) is 2.26. The van der Waals surface area contributed by atoms with Crippen LogP contribution in [0.25, 0.3) is 10.2 Å². The van der Waals surface area contributed by atoms with Gasteiger partial charge in [0.1, 0.15) is 0 Å². The largest absolute Gasteiger partial charge is 0.368 e. The van der Waals surface area contributed by atoms with Crippen molar-refractivity contribution in [2.45, 2.75) is 19.8 Å². The van der Waals surface area contributed by atoms with E-state index in [4.69, 9.17) is 0 Å². The zero-order valence-electron chi connectivity index (χ0n) is 13.1. The molecule has 1 aromatic heterocycles. The second-order valence-electron chi connectivity index (χ2n) is 5.54. The van der Waals surface area contributed by atoms with Crippen LogP contribution in [0.1, 0.15) is 19.8 Å². The van der Waals surface area contributed by atoms with Gasteiger partial charge in [0.15, 0.2) is 5.13 Å². The van der Waals surface area contributed by atoms with Gasteiger partial charge < -0.3 is 15.1 Å². The standard InChI is InChI=1S/C16H22N4OS/c1-3-4-15(21)20-9-7-19(8-10-20)12-5-6-13-14(11-12)22-16(17-2)18-13/h5-6,11H,3-4,7-10H2,1-2H3,(H,17,18). The summed E-state index contributed by atoms with van der Waals surface area (Å²) >= 11 is 1.67. The molecule has 0 unspecified atom stereocenters. The molecule has 118 valence electrons. The highest BCUT2D eigenvalue weighted by Crippen LogP contribution is 2.29. The molecule has 1 aromatic carbocycles. The number of anilines is 2. The molecule has 0 radical (unpaired) electrons. The van der Waals surface area contributed by atoms with Gasteiger partial charge in [-0.25, -0.2) is 4.98 Å². The molecule has 0 atom stereocenters. The Balaban J connectivity index is 1.69. The lowest BCUT2D eigenvalue weighted by atomic mass is 10.2. The smallest absolute Gasteiger partial charge is 0.222 e. The van der Waals surface area contributed by atoms with Gasteiger partial charge in [-0.2, -0.15) is 0 Å². The van der Waals surface area contributed by atoms with E-state index in [2.05, 4.69) is 40.3 Å². The Bertz CT molecular complexity index is 661. The maximum atomic E-state index is 11.9. The van der Waals surface area contributed by atoms with Crippen molar-refractivity contribution in [1.82, 2.24) is 9.88 Å². The molecule has 1 aliphatic heterocycles. The minimum atomic E-state index is 0.290. The lowest BCUT2D eigenvalue weighted by molar-refractivity contribution is -0.131. The van der Waals surface area contributed by atoms with Crippen LogP contribution in [0.4, 0.5) is 10.8 Å². The summed E-state index contributed by atoms with van der Waals surface area (Å²) in [4.78, 5) is 20.8. The Morgan fingerprint density at radius 3 is 2.77 bits per heavy atom. The van der Waals surface area contributed by atoms with E-state index in [-0.39, 0.29) is 0 Å². The molecule has 5 nitrogen and oxygen atoms in total. The van der Waals surface area contributed by atoms with E-state index in [1.54, 1.807) is 11.3 Å². The molecule has 2 heterocycles. The van der Waals surface area contributed by atoms with Gasteiger partial charge in [0.25, 0.3) is 0 Å². The monoisotopic (exact) mass is 318 g/mol. The predicted molar refractivity (Wildman–Crippen MR) is 92.9 cm³/mol. The molecule has 0 aliphatic carbocycles. The van der Waals surface area contributed by atoms with Crippen LogP contribution in [0.3, 0.4) is 0 Å². The number of carbonyl (C=O) groups is 1. The van der Waals surface area contributed by atoms with Crippen molar-refractivity contribution in [3.8, 4) is 0 Å². The average Bonchev–Trinajstić information content (AvgIpc) is 2.97. The molecule has 1 amide bonds. The van der Waals surface area contributed by atoms with Gasteiger partial charge in [-0.1, -0.05) is 18.3 Å². The first kappa shape index (κ1) is 15.1. The van der Waals surface area contributed by atoms with E-state index >= 15 is 0 Å². The second-order valence-corrected chi connectivity index (χ2v) is 6.57. The first-order valence-electron chi connectivity index (χ1n) is 7.82. The summed E-state index contributed by atoms with van der Waals surface area (Å²) in [5.74, 6) is 0.290. The number of hydrogen-bond acceptors (Lipinski definition) is 5. The van der Waals surface area contributed by atoms with Crippen LogP contribution in [0.2, 0.25) is 0 Å². The number of amides is 1. The number of rotatable bonds is 4. The summed E-state index contributed by atoms with van der Waals surface area (Å²) in [6.07, 6.45) is 1.59. The number of fused-ring (bicyclic) bond motifs is 1. The van der Waals surface area contributed by atoms with Gasteiger partial charge in [0.05, 0.1) is 10.2 Å². The van der Waals surface area contributed by atoms with Gasteiger partial charge in [0.2, 0.25) is 5.91 Å². The summed E-state index contributed by atoms with van der Waals surface area (Å²) in [7, 11) is 1.89. The van der Waals surface area contributed by atoms with Crippen molar-refractivity contribution in [2.24, 2.45) is 0 Å². The van der Waals surface area contributed by atoms with Crippen LogP contribution >= 0.6 is 11.3 Å². The van der Waals surface area contributed by atoms with Gasteiger partial charge in [0, 0.05) is 45.3 Å². The average molecular weight is 318 g/mol. The number of nitrogens with one attached hydrogen (secondary N) is 1. The maximum absolute atomic E-state index is 11.9. The van der Waals surface area contributed by atoms with Gasteiger partial charge in [-0.15, -0.1) is 0 Å². The molecule has 0 saturated carbocycles. The lowest BCUT2D eigenvalue weighted by Crippen LogP contribution is -2.48. The fourth-order valence-corrected chi connectivity index (χ4v) is 3.66. The number of carbonyl (C=O) groups excluding carboxylic acids is 1. The molecule has 1 N–H and O–H groups in total. The molecule has 1 aliphatic rings. The van der Waals surface area contributed by atoms with E-state index in [1.165, 1.54) is 10.4 Å². The molecule has 1 fully saturated rings. The number of nitrogens with zero attached hydrogens (tertiary/aromatic N) is 3. The lowest BCUT2D eigenvalue weighted by Gasteiger charge is -2.36. The minimum Gasteiger partial charge on any atom is -0.368 e. The SMILES string of the molecule is CCCC(=O)N1CCN(c2ccc3nc(NC)sc3c2)CC1. The van der Waals surface area contributed by atoms with E-state index < -0.39 is 0 Å². The first-order chi connectivity index (χ1) is 10.7. The van der Waals surface area contributed by atoms with Crippen LogP contribution in [0, 0.1) is 0 Å². The van der Waals surface area contributed by atoms with Crippen molar-refractivity contribution in [3.05, 3.63) is 18.2 Å². The third kappa shape index (κ3) is 3.02. The molecule has 0 bridgehead atoms. The number of hydrogen-bond donors (Lipinski definition) is 1. The summed E-state index contributed by atoms with van der Waals surface area (Å²) in [5, 5.41) is 4.04. The zero-order chi connectivity index (χ0) is 15.5. The first-order valence-corrected chi connectivity index (χ1v) is 8.64. The third-order valence-electron chi connectivity index (χ3n) is 4.05. The van der Waals surface area contributed by atoms with Gasteiger partial charge in [-0.05, 0) is 24.6 Å². The molecule has 1 saturated heterocycles. The topological polar surface area (TPSA) is 48.5 Å². The Hall–Kier alpha value is -1.82. The summed E-state index contributed by atoms with van der Waals surface area (Å²) in [6.45, 7) is 5.50. The zero-order valence-corrected chi connectivity index (χ0v) is 13.9. The predicted octanol–water partition coefficient (Wildman–Crippen LogP) is 2.79. The van der Waals surface area contributed by atoms with E-state index in [9.17, 15) is 4.79 Å². The van der Waals surface area contributed by atoms with E-state index in [1.807, 2.05) is 11.9 Å². The van der Waals surface area contributed by atoms with Gasteiger partial charge in [-0.3, -0.25) is 4.79 Å². The van der Waals surface area contributed by atoms with Crippen LogP contribution in [-0.4, -0.2) is 49.0 Å². The number of piperazine rings is 1. The highest BCUT2D eigenvalue weighted by atomic mass is 32.1. The van der Waals surface area contributed by atoms with Crippen molar-refractivity contribution < 1.29 is 4.79 Å².